The molecular weight excluding hydrogens is 226 g/mol. The number of rotatable bonds is 5. The van der Waals surface area contributed by atoms with Crippen LogP contribution in [0.3, 0.4) is 0 Å². The first-order chi connectivity index (χ1) is 8.02. The van der Waals surface area contributed by atoms with E-state index in [0.717, 1.165) is 0 Å². The molecule has 0 bridgehead atoms. The number of carbonyl (C=O) groups is 2. The number of aromatic nitrogens is 3. The van der Waals surface area contributed by atoms with Crippen molar-refractivity contribution < 1.29 is 14.3 Å². The highest BCUT2D eigenvalue weighted by molar-refractivity contribution is 5.88. The number of ether oxygens (including phenoxy) is 1. The number of esters is 1. The number of nitrogens with two attached hydrogens (primary N) is 2. The molecule has 0 saturated heterocycles. The lowest BCUT2D eigenvalue weighted by Gasteiger charge is -2.10. The first kappa shape index (κ1) is 13.1. The number of primary amides is 1. The van der Waals surface area contributed by atoms with Gasteiger partial charge in [-0.25, -0.2) is 9.48 Å². The lowest BCUT2D eigenvalue weighted by Crippen LogP contribution is -2.27. The van der Waals surface area contributed by atoms with Crippen molar-refractivity contribution in [2.75, 3.05) is 6.61 Å². The smallest absolute Gasteiger partial charge is 0.360 e. The normalized spacial score (nSPS) is 12.2. The molecule has 1 amide bonds. The van der Waals surface area contributed by atoms with Crippen molar-refractivity contribution in [2.45, 2.75) is 26.4 Å². The van der Waals surface area contributed by atoms with Gasteiger partial charge in [0.15, 0.2) is 5.69 Å². The lowest BCUT2D eigenvalue weighted by molar-refractivity contribution is -0.121. The molecule has 4 N–H and O–H groups in total. The van der Waals surface area contributed by atoms with Gasteiger partial charge in [0, 0.05) is 6.54 Å². The van der Waals surface area contributed by atoms with Gasteiger partial charge >= 0.3 is 5.97 Å². The van der Waals surface area contributed by atoms with Crippen LogP contribution in [-0.2, 0) is 16.1 Å². The van der Waals surface area contributed by atoms with E-state index < -0.39 is 17.9 Å². The summed E-state index contributed by atoms with van der Waals surface area (Å²) in [6, 6.07) is -0.718. The van der Waals surface area contributed by atoms with E-state index in [-0.39, 0.29) is 18.8 Å². The minimum atomic E-state index is -0.718. The zero-order valence-electron chi connectivity index (χ0n) is 9.71. The standard InChI is InChI=1S/C9H15N5O3/c1-3-17-9(16)7-6(4-10)14(13-12-7)5(2)8(11)15/h5H,3-4,10H2,1-2H3,(H2,11,15). The molecule has 0 fully saturated rings. The van der Waals surface area contributed by atoms with Crippen LogP contribution in [0.4, 0.5) is 0 Å². The molecule has 0 radical (unpaired) electrons. The van der Waals surface area contributed by atoms with Gasteiger partial charge in [-0.05, 0) is 13.8 Å². The van der Waals surface area contributed by atoms with Gasteiger partial charge in [0.25, 0.3) is 0 Å². The maximum absolute atomic E-state index is 11.5. The fourth-order valence-electron chi connectivity index (χ4n) is 1.29. The van der Waals surface area contributed by atoms with Crippen molar-refractivity contribution in [3.63, 3.8) is 0 Å². The highest BCUT2D eigenvalue weighted by atomic mass is 16.5. The van der Waals surface area contributed by atoms with Crippen LogP contribution in [0.2, 0.25) is 0 Å². The van der Waals surface area contributed by atoms with E-state index in [2.05, 4.69) is 10.3 Å². The third kappa shape index (κ3) is 2.59. The summed E-state index contributed by atoms with van der Waals surface area (Å²) < 4.78 is 6.03. The Morgan fingerprint density at radius 1 is 1.53 bits per heavy atom. The number of hydrogen-bond donors (Lipinski definition) is 2. The van der Waals surface area contributed by atoms with Crippen molar-refractivity contribution in [1.82, 2.24) is 15.0 Å². The molecule has 1 heterocycles. The van der Waals surface area contributed by atoms with Crippen LogP contribution in [0.5, 0.6) is 0 Å². The molecule has 0 aliphatic rings. The molecule has 94 valence electrons. The molecular formula is C9H15N5O3. The van der Waals surface area contributed by atoms with Gasteiger partial charge in [-0.15, -0.1) is 5.10 Å². The molecule has 1 aromatic rings. The van der Waals surface area contributed by atoms with E-state index in [1.54, 1.807) is 13.8 Å². The molecule has 0 aliphatic carbocycles. The molecule has 1 rings (SSSR count). The summed E-state index contributed by atoms with van der Waals surface area (Å²) in [7, 11) is 0. The average molecular weight is 241 g/mol. The third-order valence-electron chi connectivity index (χ3n) is 2.23. The quantitative estimate of drug-likeness (QED) is 0.634. The molecule has 1 atom stereocenters. The summed E-state index contributed by atoms with van der Waals surface area (Å²) in [4.78, 5) is 22.6. The first-order valence-corrected chi connectivity index (χ1v) is 5.13. The molecule has 8 nitrogen and oxygen atoms in total. The van der Waals surface area contributed by atoms with Gasteiger partial charge in [-0.2, -0.15) is 0 Å². The highest BCUT2D eigenvalue weighted by Gasteiger charge is 2.24. The number of hydrogen-bond acceptors (Lipinski definition) is 6. The molecule has 17 heavy (non-hydrogen) atoms. The molecule has 8 heteroatoms. The molecule has 1 aromatic heterocycles. The van der Waals surface area contributed by atoms with Gasteiger partial charge in [0.05, 0.1) is 12.3 Å². The molecule has 0 saturated carbocycles. The summed E-state index contributed by atoms with van der Waals surface area (Å²) in [5.41, 5.74) is 11.0. The molecule has 0 aromatic carbocycles. The fraction of sp³-hybridized carbons (Fsp3) is 0.556. The predicted molar refractivity (Wildman–Crippen MR) is 57.8 cm³/mol. The molecule has 1 unspecified atom stereocenters. The van der Waals surface area contributed by atoms with Gasteiger partial charge in [-0.3, -0.25) is 4.79 Å². The SMILES string of the molecule is CCOC(=O)c1nnn(C(C)C(N)=O)c1CN. The Morgan fingerprint density at radius 2 is 2.18 bits per heavy atom. The number of carbonyl (C=O) groups excluding carboxylic acids is 2. The summed E-state index contributed by atoms with van der Waals surface area (Å²) >= 11 is 0. The Balaban J connectivity index is 3.11. The Hall–Kier alpha value is -1.96. The fourth-order valence-corrected chi connectivity index (χ4v) is 1.29. The maximum Gasteiger partial charge on any atom is 0.360 e. The summed E-state index contributed by atoms with van der Waals surface area (Å²) in [6.07, 6.45) is 0. The Morgan fingerprint density at radius 3 is 2.65 bits per heavy atom. The van der Waals surface area contributed by atoms with Crippen LogP contribution >= 0.6 is 0 Å². The number of amides is 1. The van der Waals surface area contributed by atoms with E-state index in [1.807, 2.05) is 0 Å². The Kier molecular flexibility index (Phi) is 4.16. The van der Waals surface area contributed by atoms with Crippen LogP contribution in [0.1, 0.15) is 36.1 Å². The van der Waals surface area contributed by atoms with Gasteiger partial charge < -0.3 is 16.2 Å². The largest absolute Gasteiger partial charge is 0.461 e. The van der Waals surface area contributed by atoms with E-state index >= 15 is 0 Å². The van der Waals surface area contributed by atoms with E-state index in [4.69, 9.17) is 16.2 Å². The maximum atomic E-state index is 11.5. The van der Waals surface area contributed by atoms with E-state index in [9.17, 15) is 9.59 Å². The zero-order chi connectivity index (χ0) is 13.0. The summed E-state index contributed by atoms with van der Waals surface area (Å²) in [5.74, 6) is -1.20. The third-order valence-corrected chi connectivity index (χ3v) is 2.23. The van der Waals surface area contributed by atoms with Crippen molar-refractivity contribution in [3.8, 4) is 0 Å². The Labute approximate surface area is 97.9 Å². The van der Waals surface area contributed by atoms with Crippen LogP contribution in [0.15, 0.2) is 0 Å². The van der Waals surface area contributed by atoms with Crippen LogP contribution in [0.25, 0.3) is 0 Å². The Bertz CT molecular complexity index is 428. The van der Waals surface area contributed by atoms with Crippen LogP contribution < -0.4 is 11.5 Å². The second-order valence-corrected chi connectivity index (χ2v) is 3.33. The second kappa shape index (κ2) is 5.39. The first-order valence-electron chi connectivity index (χ1n) is 5.13. The van der Waals surface area contributed by atoms with Crippen molar-refractivity contribution in [2.24, 2.45) is 11.5 Å². The summed E-state index contributed by atoms with van der Waals surface area (Å²) in [6.45, 7) is 3.46. The number of nitrogens with zero attached hydrogens (tertiary/aromatic N) is 3. The van der Waals surface area contributed by atoms with Gasteiger partial charge in [0.1, 0.15) is 6.04 Å². The van der Waals surface area contributed by atoms with Crippen LogP contribution in [-0.4, -0.2) is 33.5 Å². The zero-order valence-corrected chi connectivity index (χ0v) is 9.71. The van der Waals surface area contributed by atoms with Gasteiger partial charge in [-0.1, -0.05) is 5.21 Å². The second-order valence-electron chi connectivity index (χ2n) is 3.33. The monoisotopic (exact) mass is 241 g/mol. The van der Waals surface area contributed by atoms with Crippen molar-refractivity contribution in [1.29, 1.82) is 0 Å². The molecule has 0 spiro atoms. The average Bonchev–Trinajstić information content (AvgIpc) is 2.71. The van der Waals surface area contributed by atoms with Crippen LogP contribution in [0, 0.1) is 0 Å². The van der Waals surface area contributed by atoms with E-state index in [1.165, 1.54) is 4.68 Å². The van der Waals surface area contributed by atoms with E-state index in [0.29, 0.717) is 5.69 Å². The molecule has 0 aliphatic heterocycles. The van der Waals surface area contributed by atoms with Crippen molar-refractivity contribution >= 4 is 11.9 Å². The minimum Gasteiger partial charge on any atom is -0.461 e. The van der Waals surface area contributed by atoms with Crippen molar-refractivity contribution in [3.05, 3.63) is 11.4 Å². The minimum absolute atomic E-state index is 0.0127. The topological polar surface area (TPSA) is 126 Å². The highest BCUT2D eigenvalue weighted by Crippen LogP contribution is 2.12. The lowest BCUT2D eigenvalue weighted by atomic mass is 10.2. The van der Waals surface area contributed by atoms with Gasteiger partial charge in [0.2, 0.25) is 5.91 Å². The predicted octanol–water partition coefficient (Wildman–Crippen LogP) is -1.04. The summed E-state index contributed by atoms with van der Waals surface area (Å²) in [5, 5.41) is 7.36.